The number of carbonyl (C=O) groups excluding carboxylic acids is 2. The van der Waals surface area contributed by atoms with Crippen molar-refractivity contribution in [2.75, 3.05) is 18.4 Å². The molecule has 1 aliphatic rings. The topological polar surface area (TPSA) is 69.6 Å². The third-order valence-corrected chi connectivity index (χ3v) is 4.23. The molecule has 3 rings (SSSR count). The minimum atomic E-state index is -0.331. The molecule has 1 heterocycles. The molecule has 1 saturated heterocycles. The molecule has 2 aromatic rings. The van der Waals surface area contributed by atoms with Crippen LogP contribution in [0.25, 0.3) is 0 Å². The number of benzene rings is 2. The van der Waals surface area contributed by atoms with Crippen LogP contribution in [0.3, 0.4) is 0 Å². The van der Waals surface area contributed by atoms with Crippen molar-refractivity contribution >= 4 is 17.5 Å². The van der Waals surface area contributed by atoms with E-state index < -0.39 is 0 Å². The van der Waals surface area contributed by atoms with E-state index >= 15 is 0 Å². The summed E-state index contributed by atoms with van der Waals surface area (Å²) in [5.74, 6) is -0.314. The van der Waals surface area contributed by atoms with Gasteiger partial charge in [0, 0.05) is 25.2 Å². The summed E-state index contributed by atoms with van der Waals surface area (Å²) in [5, 5.41) is 12.1. The Labute approximate surface area is 140 Å². The number of anilines is 1. The van der Waals surface area contributed by atoms with Crippen LogP contribution < -0.4 is 5.32 Å². The molecule has 24 heavy (non-hydrogen) atoms. The number of phenols is 1. The summed E-state index contributed by atoms with van der Waals surface area (Å²) in [4.78, 5) is 26.2. The molecule has 1 aliphatic heterocycles. The minimum Gasteiger partial charge on any atom is -0.508 e. The van der Waals surface area contributed by atoms with Gasteiger partial charge in [0.1, 0.15) is 5.75 Å². The summed E-state index contributed by atoms with van der Waals surface area (Å²) in [6, 6.07) is 16.3. The van der Waals surface area contributed by atoms with Gasteiger partial charge in [0.05, 0.1) is 5.92 Å². The van der Waals surface area contributed by atoms with Gasteiger partial charge in [-0.05, 0) is 36.2 Å². The maximum absolute atomic E-state index is 12.3. The Morgan fingerprint density at radius 3 is 2.54 bits per heavy atom. The van der Waals surface area contributed by atoms with Gasteiger partial charge in [-0.15, -0.1) is 0 Å². The smallest absolute Gasteiger partial charge is 0.229 e. The fraction of sp³-hybridized carbons (Fsp3) is 0.263. The number of nitrogens with one attached hydrogen (secondary N) is 1. The van der Waals surface area contributed by atoms with Gasteiger partial charge in [-0.3, -0.25) is 9.59 Å². The summed E-state index contributed by atoms with van der Waals surface area (Å²) in [6.45, 7) is 1.08. The van der Waals surface area contributed by atoms with Crippen molar-refractivity contribution in [2.45, 2.75) is 12.8 Å². The zero-order chi connectivity index (χ0) is 16.9. The van der Waals surface area contributed by atoms with Crippen molar-refractivity contribution < 1.29 is 14.7 Å². The van der Waals surface area contributed by atoms with Gasteiger partial charge in [0.25, 0.3) is 0 Å². The lowest BCUT2D eigenvalue weighted by molar-refractivity contribution is -0.128. The molecular weight excluding hydrogens is 304 g/mol. The van der Waals surface area contributed by atoms with Gasteiger partial charge in [0.15, 0.2) is 0 Å². The van der Waals surface area contributed by atoms with Crippen molar-refractivity contribution in [3.63, 3.8) is 0 Å². The van der Waals surface area contributed by atoms with Crippen LogP contribution in [0.15, 0.2) is 54.6 Å². The van der Waals surface area contributed by atoms with E-state index in [0.29, 0.717) is 18.8 Å². The van der Waals surface area contributed by atoms with Gasteiger partial charge >= 0.3 is 0 Å². The highest BCUT2D eigenvalue weighted by Crippen LogP contribution is 2.21. The summed E-state index contributed by atoms with van der Waals surface area (Å²) in [5.41, 5.74) is 1.80. The van der Waals surface area contributed by atoms with E-state index in [1.807, 2.05) is 30.3 Å². The molecule has 1 fully saturated rings. The summed E-state index contributed by atoms with van der Waals surface area (Å²) in [6.07, 6.45) is 1.04. The minimum absolute atomic E-state index is 0.0248. The van der Waals surface area contributed by atoms with Crippen LogP contribution in [0, 0.1) is 5.92 Å². The first-order valence-electron chi connectivity index (χ1n) is 8.03. The Balaban J connectivity index is 1.53. The molecule has 0 spiro atoms. The van der Waals surface area contributed by atoms with Crippen LogP contribution in [0.5, 0.6) is 5.75 Å². The monoisotopic (exact) mass is 324 g/mol. The molecule has 1 atom stereocenters. The van der Waals surface area contributed by atoms with Gasteiger partial charge in [-0.25, -0.2) is 0 Å². The predicted molar refractivity (Wildman–Crippen MR) is 91.6 cm³/mol. The summed E-state index contributed by atoms with van der Waals surface area (Å²) >= 11 is 0. The normalized spacial score (nSPS) is 17.1. The van der Waals surface area contributed by atoms with Crippen molar-refractivity contribution in [1.82, 2.24) is 4.90 Å². The van der Waals surface area contributed by atoms with Crippen LogP contribution in [-0.2, 0) is 16.0 Å². The number of hydrogen-bond donors (Lipinski definition) is 2. The third-order valence-electron chi connectivity index (χ3n) is 4.23. The predicted octanol–water partition coefficient (Wildman–Crippen LogP) is 2.42. The van der Waals surface area contributed by atoms with Crippen LogP contribution in [0.4, 0.5) is 5.69 Å². The standard InChI is InChI=1S/C19H20N2O3/c22-17-8-6-16(7-9-17)20-19(24)15-12-18(23)21(13-15)11-10-14-4-2-1-3-5-14/h1-9,15,22H,10-13H2,(H,20,24)/t15-/m1/s1. The molecule has 124 valence electrons. The average molecular weight is 324 g/mol. The van der Waals surface area contributed by atoms with E-state index in [-0.39, 0.29) is 29.9 Å². The highest BCUT2D eigenvalue weighted by molar-refractivity contribution is 5.97. The SMILES string of the molecule is O=C(Nc1ccc(O)cc1)[C@@H]1CC(=O)N(CCc2ccccc2)C1. The number of rotatable bonds is 5. The van der Waals surface area contributed by atoms with E-state index in [2.05, 4.69) is 5.32 Å². The van der Waals surface area contributed by atoms with Crippen LogP contribution in [0.1, 0.15) is 12.0 Å². The second-order valence-corrected chi connectivity index (χ2v) is 6.01. The lowest BCUT2D eigenvalue weighted by atomic mass is 10.1. The summed E-state index contributed by atoms with van der Waals surface area (Å²) in [7, 11) is 0. The number of amides is 2. The zero-order valence-corrected chi connectivity index (χ0v) is 13.3. The molecule has 0 saturated carbocycles. The zero-order valence-electron chi connectivity index (χ0n) is 13.3. The van der Waals surface area contributed by atoms with Crippen LogP contribution >= 0.6 is 0 Å². The third kappa shape index (κ3) is 3.93. The first-order valence-corrected chi connectivity index (χ1v) is 8.03. The van der Waals surface area contributed by atoms with E-state index in [1.54, 1.807) is 17.0 Å². The van der Waals surface area contributed by atoms with E-state index in [0.717, 1.165) is 6.42 Å². The van der Waals surface area contributed by atoms with Gasteiger partial charge in [-0.2, -0.15) is 0 Å². The molecular formula is C19H20N2O3. The largest absolute Gasteiger partial charge is 0.508 e. The molecule has 0 radical (unpaired) electrons. The van der Waals surface area contributed by atoms with Gasteiger partial charge < -0.3 is 15.3 Å². The van der Waals surface area contributed by atoms with Crippen molar-refractivity contribution in [1.29, 1.82) is 0 Å². The Morgan fingerprint density at radius 2 is 1.83 bits per heavy atom. The number of aromatic hydroxyl groups is 1. The first kappa shape index (κ1) is 16.1. The number of hydrogen-bond acceptors (Lipinski definition) is 3. The fourth-order valence-corrected chi connectivity index (χ4v) is 2.86. The average Bonchev–Trinajstić information content (AvgIpc) is 2.97. The lowest BCUT2D eigenvalue weighted by Crippen LogP contribution is -2.30. The van der Waals surface area contributed by atoms with Crippen molar-refractivity contribution in [3.05, 3.63) is 60.2 Å². The highest BCUT2D eigenvalue weighted by Gasteiger charge is 2.33. The molecule has 5 heteroatoms. The van der Waals surface area contributed by atoms with Crippen LogP contribution in [-0.4, -0.2) is 34.9 Å². The Bertz CT molecular complexity index is 713. The second-order valence-electron chi connectivity index (χ2n) is 6.01. The Hall–Kier alpha value is -2.82. The number of phenolic OH excluding ortho intramolecular Hbond substituents is 1. The molecule has 0 bridgehead atoms. The molecule has 2 N–H and O–H groups in total. The van der Waals surface area contributed by atoms with E-state index in [9.17, 15) is 14.7 Å². The molecule has 0 unspecified atom stereocenters. The maximum atomic E-state index is 12.3. The van der Waals surface area contributed by atoms with Crippen LogP contribution in [0.2, 0.25) is 0 Å². The van der Waals surface area contributed by atoms with E-state index in [1.165, 1.54) is 17.7 Å². The fourth-order valence-electron chi connectivity index (χ4n) is 2.86. The number of nitrogens with zero attached hydrogens (tertiary/aromatic N) is 1. The first-order chi connectivity index (χ1) is 11.6. The Morgan fingerprint density at radius 1 is 1.12 bits per heavy atom. The molecule has 0 aromatic heterocycles. The number of carbonyl (C=O) groups is 2. The second kappa shape index (κ2) is 7.17. The molecule has 2 aromatic carbocycles. The molecule has 2 amide bonds. The molecule has 0 aliphatic carbocycles. The van der Waals surface area contributed by atoms with Crippen molar-refractivity contribution in [3.8, 4) is 5.75 Å². The van der Waals surface area contributed by atoms with Gasteiger partial charge in [0.2, 0.25) is 11.8 Å². The number of likely N-dealkylation sites (tertiary alicyclic amines) is 1. The van der Waals surface area contributed by atoms with Gasteiger partial charge in [-0.1, -0.05) is 30.3 Å². The lowest BCUT2D eigenvalue weighted by Gasteiger charge is -2.16. The van der Waals surface area contributed by atoms with E-state index in [4.69, 9.17) is 0 Å². The Kier molecular flexibility index (Phi) is 4.79. The summed E-state index contributed by atoms with van der Waals surface area (Å²) < 4.78 is 0. The molecule has 5 nitrogen and oxygen atoms in total. The quantitative estimate of drug-likeness (QED) is 0.830. The van der Waals surface area contributed by atoms with Crippen molar-refractivity contribution in [2.24, 2.45) is 5.92 Å². The highest BCUT2D eigenvalue weighted by atomic mass is 16.3. The maximum Gasteiger partial charge on any atom is 0.229 e.